The number of sulfone groups is 1. The lowest BCUT2D eigenvalue weighted by molar-refractivity contribution is 0.313. The number of nitrogens with zero attached hydrogens (tertiary/aromatic N) is 2. The molecule has 0 radical (unpaired) electrons. The van der Waals surface area contributed by atoms with E-state index in [0.717, 1.165) is 10.2 Å². The fourth-order valence-corrected chi connectivity index (χ4v) is 4.15. The number of ether oxygens (including phenoxy) is 1. The summed E-state index contributed by atoms with van der Waals surface area (Å²) in [4.78, 5) is 6.24. The minimum atomic E-state index is -3.05. The smallest absolute Gasteiger partial charge is 0.193 e. The van der Waals surface area contributed by atoms with Crippen LogP contribution in [0, 0.1) is 0 Å². The van der Waals surface area contributed by atoms with Crippen LogP contribution in [-0.4, -0.2) is 63.1 Å². The minimum Gasteiger partial charge on any atom is -0.492 e. The largest absolute Gasteiger partial charge is 0.492 e. The van der Waals surface area contributed by atoms with Crippen molar-refractivity contribution in [3.63, 3.8) is 0 Å². The first kappa shape index (κ1) is 19.1. The minimum absolute atomic E-state index is 0.149. The molecule has 1 aliphatic rings. The fourth-order valence-electron chi connectivity index (χ4n) is 2.52. The number of rotatable bonds is 4. The third kappa shape index (κ3) is 4.63. The Morgan fingerprint density at radius 2 is 2.04 bits per heavy atom. The number of halogens is 1. The summed E-state index contributed by atoms with van der Waals surface area (Å²) >= 11 is 3.38. The standard InChI is InChI=1S/C16H24BrN3O3S/c1-16(2)12-20(9-11-24(16,21)22)15(18-3)19-8-10-23-14-6-4-13(17)5-7-14/h4-7H,8-12H2,1-3H3,(H,18,19). The SMILES string of the molecule is CN=C(NCCOc1ccc(Br)cc1)N1CCS(=O)(=O)C(C)(C)C1. The zero-order valence-electron chi connectivity index (χ0n) is 14.3. The maximum absolute atomic E-state index is 12.1. The molecule has 1 aromatic rings. The Morgan fingerprint density at radius 3 is 2.62 bits per heavy atom. The highest BCUT2D eigenvalue weighted by atomic mass is 79.9. The predicted octanol–water partition coefficient (Wildman–Crippen LogP) is 1.91. The van der Waals surface area contributed by atoms with Crippen molar-refractivity contribution < 1.29 is 13.2 Å². The molecule has 8 heteroatoms. The lowest BCUT2D eigenvalue weighted by Gasteiger charge is -2.39. The zero-order valence-corrected chi connectivity index (χ0v) is 16.7. The van der Waals surface area contributed by atoms with Crippen LogP contribution in [0.2, 0.25) is 0 Å². The number of benzene rings is 1. The Balaban J connectivity index is 1.84. The van der Waals surface area contributed by atoms with Gasteiger partial charge < -0.3 is 15.0 Å². The molecular weight excluding hydrogens is 394 g/mol. The van der Waals surface area contributed by atoms with E-state index in [2.05, 4.69) is 26.2 Å². The monoisotopic (exact) mass is 417 g/mol. The van der Waals surface area contributed by atoms with Crippen LogP contribution >= 0.6 is 15.9 Å². The van der Waals surface area contributed by atoms with Gasteiger partial charge in [0.25, 0.3) is 0 Å². The molecule has 1 heterocycles. The molecule has 1 saturated heterocycles. The average Bonchev–Trinajstić information content (AvgIpc) is 2.52. The molecule has 0 atom stereocenters. The van der Waals surface area contributed by atoms with Crippen LogP contribution in [0.5, 0.6) is 5.75 Å². The summed E-state index contributed by atoms with van der Waals surface area (Å²) in [5.74, 6) is 1.66. The number of hydrogen-bond acceptors (Lipinski definition) is 4. The second-order valence-electron chi connectivity index (χ2n) is 6.28. The van der Waals surface area contributed by atoms with Gasteiger partial charge in [0.15, 0.2) is 15.8 Å². The van der Waals surface area contributed by atoms with Crippen LogP contribution in [0.1, 0.15) is 13.8 Å². The molecular formula is C16H24BrN3O3S. The molecule has 0 bridgehead atoms. The van der Waals surface area contributed by atoms with E-state index in [-0.39, 0.29) is 5.75 Å². The van der Waals surface area contributed by atoms with E-state index < -0.39 is 14.6 Å². The van der Waals surface area contributed by atoms with Crippen LogP contribution in [0.15, 0.2) is 33.7 Å². The molecule has 0 aliphatic carbocycles. The van der Waals surface area contributed by atoms with Crippen molar-refractivity contribution in [3.05, 3.63) is 28.7 Å². The third-order valence-electron chi connectivity index (χ3n) is 4.02. The summed E-state index contributed by atoms with van der Waals surface area (Å²) < 4.78 is 30.1. The van der Waals surface area contributed by atoms with Crippen molar-refractivity contribution in [2.75, 3.05) is 39.0 Å². The Morgan fingerprint density at radius 1 is 1.38 bits per heavy atom. The van der Waals surface area contributed by atoms with Crippen LogP contribution in [-0.2, 0) is 9.84 Å². The van der Waals surface area contributed by atoms with Gasteiger partial charge in [-0.15, -0.1) is 0 Å². The second kappa shape index (κ2) is 7.74. The lowest BCUT2D eigenvalue weighted by atomic mass is 10.2. The van der Waals surface area contributed by atoms with Gasteiger partial charge in [-0.05, 0) is 38.1 Å². The molecule has 1 fully saturated rings. The van der Waals surface area contributed by atoms with E-state index in [1.54, 1.807) is 20.9 Å². The normalized spacial score (nSPS) is 19.8. The molecule has 0 unspecified atom stereocenters. The molecule has 1 N–H and O–H groups in total. The van der Waals surface area contributed by atoms with E-state index in [0.29, 0.717) is 32.2 Å². The first-order valence-electron chi connectivity index (χ1n) is 7.81. The highest BCUT2D eigenvalue weighted by molar-refractivity contribution is 9.10. The van der Waals surface area contributed by atoms with Crippen molar-refractivity contribution in [1.29, 1.82) is 0 Å². The molecule has 24 heavy (non-hydrogen) atoms. The number of aliphatic imine (C=N–C) groups is 1. The molecule has 1 aromatic carbocycles. The van der Waals surface area contributed by atoms with Crippen molar-refractivity contribution in [1.82, 2.24) is 10.2 Å². The number of nitrogens with one attached hydrogen (secondary N) is 1. The van der Waals surface area contributed by atoms with Crippen molar-refractivity contribution in [2.24, 2.45) is 4.99 Å². The maximum Gasteiger partial charge on any atom is 0.193 e. The Hall–Kier alpha value is -1.28. The molecule has 0 amide bonds. The van der Waals surface area contributed by atoms with Crippen LogP contribution in [0.3, 0.4) is 0 Å². The van der Waals surface area contributed by atoms with Crippen LogP contribution in [0.25, 0.3) is 0 Å². The maximum atomic E-state index is 12.1. The number of hydrogen-bond donors (Lipinski definition) is 1. The van der Waals surface area contributed by atoms with Gasteiger partial charge in [-0.3, -0.25) is 4.99 Å². The molecule has 6 nitrogen and oxygen atoms in total. The van der Waals surface area contributed by atoms with Crippen molar-refractivity contribution in [3.8, 4) is 5.75 Å². The zero-order chi connectivity index (χ0) is 17.8. The third-order valence-corrected chi connectivity index (χ3v) is 7.08. The van der Waals surface area contributed by atoms with Gasteiger partial charge in [-0.1, -0.05) is 15.9 Å². The highest BCUT2D eigenvalue weighted by Crippen LogP contribution is 2.23. The summed E-state index contributed by atoms with van der Waals surface area (Å²) in [5.41, 5.74) is 0. The van der Waals surface area contributed by atoms with E-state index >= 15 is 0 Å². The fraction of sp³-hybridized carbons (Fsp3) is 0.562. The topological polar surface area (TPSA) is 71.0 Å². The van der Waals surface area contributed by atoms with Crippen LogP contribution < -0.4 is 10.1 Å². The summed E-state index contributed by atoms with van der Waals surface area (Å²) in [7, 11) is -1.35. The number of guanidine groups is 1. The van der Waals surface area contributed by atoms with E-state index in [4.69, 9.17) is 4.74 Å². The average molecular weight is 418 g/mol. The summed E-state index contributed by atoms with van der Waals surface area (Å²) in [5, 5.41) is 3.23. The molecule has 0 spiro atoms. The summed E-state index contributed by atoms with van der Waals surface area (Å²) in [6, 6.07) is 7.66. The van der Waals surface area contributed by atoms with Gasteiger partial charge in [-0.2, -0.15) is 0 Å². The van der Waals surface area contributed by atoms with Gasteiger partial charge in [0.1, 0.15) is 12.4 Å². The van der Waals surface area contributed by atoms with E-state index in [9.17, 15) is 8.42 Å². The van der Waals surface area contributed by atoms with Crippen molar-refractivity contribution >= 4 is 31.7 Å². The molecule has 0 aromatic heterocycles. The van der Waals surface area contributed by atoms with Gasteiger partial charge >= 0.3 is 0 Å². The van der Waals surface area contributed by atoms with E-state index in [1.807, 2.05) is 29.2 Å². The Bertz CT molecular complexity index is 687. The van der Waals surface area contributed by atoms with Crippen molar-refractivity contribution in [2.45, 2.75) is 18.6 Å². The van der Waals surface area contributed by atoms with Gasteiger partial charge in [0.05, 0.1) is 17.0 Å². The summed E-state index contributed by atoms with van der Waals surface area (Å²) in [6.07, 6.45) is 0. The van der Waals surface area contributed by atoms with Gasteiger partial charge in [0, 0.05) is 24.6 Å². The predicted molar refractivity (Wildman–Crippen MR) is 100 cm³/mol. The Kier molecular flexibility index (Phi) is 6.14. The lowest BCUT2D eigenvalue weighted by Crippen LogP contribution is -2.57. The van der Waals surface area contributed by atoms with Gasteiger partial charge in [-0.25, -0.2) is 8.42 Å². The van der Waals surface area contributed by atoms with E-state index in [1.165, 1.54) is 0 Å². The quantitative estimate of drug-likeness (QED) is 0.460. The first-order valence-corrected chi connectivity index (χ1v) is 10.3. The summed E-state index contributed by atoms with van der Waals surface area (Å²) in [6.45, 7) is 5.50. The van der Waals surface area contributed by atoms with Crippen LogP contribution in [0.4, 0.5) is 0 Å². The second-order valence-corrected chi connectivity index (χ2v) is 9.94. The van der Waals surface area contributed by atoms with Gasteiger partial charge in [0.2, 0.25) is 0 Å². The molecule has 1 aliphatic heterocycles. The molecule has 0 saturated carbocycles. The molecule has 134 valence electrons. The highest BCUT2D eigenvalue weighted by Gasteiger charge is 2.40. The first-order chi connectivity index (χ1) is 11.2. The molecule has 2 rings (SSSR count). The Labute approximate surface area is 152 Å².